The number of carbonyl (C=O) groups is 2. The number of nitrogens with zero attached hydrogens (tertiary/aromatic N) is 2. The van der Waals surface area contributed by atoms with Crippen molar-refractivity contribution in [3.8, 4) is 0 Å². The number of carbonyl (C=O) groups excluding carboxylic acids is 2. The number of aromatic nitrogens is 1. The first-order valence-corrected chi connectivity index (χ1v) is 4.94. The molecule has 5 nitrogen and oxygen atoms in total. The minimum absolute atomic E-state index is 0.0268. The second-order valence-corrected chi connectivity index (χ2v) is 4.41. The molecule has 0 aromatic carbocycles. The second-order valence-electron chi connectivity index (χ2n) is 4.41. The van der Waals surface area contributed by atoms with Gasteiger partial charge in [0, 0.05) is 6.20 Å². The summed E-state index contributed by atoms with van der Waals surface area (Å²) >= 11 is 0. The van der Waals surface area contributed by atoms with Gasteiger partial charge in [-0.2, -0.15) is 0 Å². The van der Waals surface area contributed by atoms with E-state index in [0.717, 1.165) is 4.90 Å². The molecule has 1 aromatic rings. The van der Waals surface area contributed by atoms with Crippen LogP contribution in [0.4, 0.5) is 0 Å². The maximum atomic E-state index is 11.8. The van der Waals surface area contributed by atoms with E-state index in [2.05, 4.69) is 4.98 Å². The lowest BCUT2D eigenvalue weighted by molar-refractivity contribution is 0.0296. The van der Waals surface area contributed by atoms with Crippen LogP contribution in [0.15, 0.2) is 18.3 Å². The lowest BCUT2D eigenvalue weighted by atomic mass is 10.1. The van der Waals surface area contributed by atoms with Crippen LogP contribution < -0.4 is 0 Å². The molecule has 0 atom stereocenters. The molecule has 0 bridgehead atoms. The fraction of sp³-hybridized carbons (Fsp3) is 0.364. The fourth-order valence-corrected chi connectivity index (χ4v) is 1.64. The first-order chi connectivity index (χ1) is 7.40. The molecular weight excluding hydrogens is 208 g/mol. The zero-order valence-corrected chi connectivity index (χ0v) is 9.10. The van der Waals surface area contributed by atoms with Crippen molar-refractivity contribution in [3.05, 3.63) is 29.6 Å². The standard InChI is InChI=1S/C11H12N2O3/c1-11(2,16)6-13-9(14)7-4-3-5-12-8(7)10(13)15/h3-5,16H,6H2,1-2H3. The van der Waals surface area contributed by atoms with Crippen LogP contribution in [-0.4, -0.2) is 39.0 Å². The van der Waals surface area contributed by atoms with E-state index in [1.807, 2.05) is 0 Å². The van der Waals surface area contributed by atoms with Crippen LogP contribution in [0.2, 0.25) is 0 Å². The zero-order valence-electron chi connectivity index (χ0n) is 9.10. The molecule has 0 spiro atoms. The maximum Gasteiger partial charge on any atom is 0.280 e. The summed E-state index contributed by atoms with van der Waals surface area (Å²) in [6.45, 7) is 3.06. The third kappa shape index (κ3) is 1.69. The van der Waals surface area contributed by atoms with Gasteiger partial charge in [0.25, 0.3) is 11.8 Å². The number of hydrogen-bond acceptors (Lipinski definition) is 4. The molecule has 0 radical (unpaired) electrons. The SMILES string of the molecule is CC(C)(O)CN1C(=O)c2cccnc2C1=O. The molecular formula is C11H12N2O3. The number of pyridine rings is 1. The molecule has 0 fully saturated rings. The van der Waals surface area contributed by atoms with Gasteiger partial charge < -0.3 is 5.11 Å². The van der Waals surface area contributed by atoms with Crippen LogP contribution in [0.3, 0.4) is 0 Å². The molecule has 1 aromatic heterocycles. The van der Waals surface area contributed by atoms with E-state index in [-0.39, 0.29) is 12.2 Å². The van der Waals surface area contributed by atoms with Crippen molar-refractivity contribution >= 4 is 11.8 Å². The molecule has 1 aliphatic heterocycles. The van der Waals surface area contributed by atoms with E-state index >= 15 is 0 Å². The molecule has 2 rings (SSSR count). The number of aliphatic hydroxyl groups is 1. The van der Waals surface area contributed by atoms with Gasteiger partial charge in [0.1, 0.15) is 5.69 Å². The maximum absolute atomic E-state index is 11.8. The topological polar surface area (TPSA) is 70.5 Å². The smallest absolute Gasteiger partial charge is 0.280 e. The van der Waals surface area contributed by atoms with E-state index in [0.29, 0.717) is 5.56 Å². The van der Waals surface area contributed by atoms with Crippen LogP contribution in [0.1, 0.15) is 34.7 Å². The summed E-state index contributed by atoms with van der Waals surface area (Å²) in [5, 5.41) is 9.63. The summed E-state index contributed by atoms with van der Waals surface area (Å²) in [4.78, 5) is 28.6. The largest absolute Gasteiger partial charge is 0.389 e. The molecule has 5 heteroatoms. The van der Waals surface area contributed by atoms with E-state index in [1.165, 1.54) is 6.20 Å². The van der Waals surface area contributed by atoms with Crippen molar-refractivity contribution in [1.82, 2.24) is 9.88 Å². The van der Waals surface area contributed by atoms with Gasteiger partial charge in [-0.25, -0.2) is 0 Å². The van der Waals surface area contributed by atoms with Gasteiger partial charge in [-0.05, 0) is 26.0 Å². The van der Waals surface area contributed by atoms with Crippen LogP contribution in [0.5, 0.6) is 0 Å². The molecule has 0 saturated carbocycles. The highest BCUT2D eigenvalue weighted by Gasteiger charge is 2.38. The number of rotatable bonds is 2. The number of imide groups is 1. The molecule has 0 unspecified atom stereocenters. The van der Waals surface area contributed by atoms with Gasteiger partial charge in [0.2, 0.25) is 0 Å². The Bertz CT molecular complexity index is 428. The minimum atomic E-state index is -1.10. The summed E-state index contributed by atoms with van der Waals surface area (Å²) in [7, 11) is 0. The fourth-order valence-electron chi connectivity index (χ4n) is 1.64. The van der Waals surface area contributed by atoms with Crippen LogP contribution in [0, 0.1) is 0 Å². The summed E-state index contributed by atoms with van der Waals surface area (Å²) in [6, 6.07) is 3.17. The highest BCUT2D eigenvalue weighted by atomic mass is 16.3. The molecule has 16 heavy (non-hydrogen) atoms. The number of β-amino-alcohol motifs (C(OH)–C–C–N with tert-alkyl or cyclic N) is 1. The highest BCUT2D eigenvalue weighted by Crippen LogP contribution is 2.22. The van der Waals surface area contributed by atoms with E-state index in [9.17, 15) is 14.7 Å². The van der Waals surface area contributed by atoms with Crippen LogP contribution in [-0.2, 0) is 0 Å². The van der Waals surface area contributed by atoms with Crippen molar-refractivity contribution < 1.29 is 14.7 Å². The summed E-state index contributed by atoms with van der Waals surface area (Å²) in [6.07, 6.45) is 1.47. The first kappa shape index (κ1) is 10.8. The molecule has 1 N–H and O–H groups in total. The van der Waals surface area contributed by atoms with Gasteiger partial charge in [-0.1, -0.05) is 0 Å². The molecule has 2 amide bonds. The Hall–Kier alpha value is -1.75. The Balaban J connectivity index is 2.36. The van der Waals surface area contributed by atoms with Gasteiger partial charge in [-0.15, -0.1) is 0 Å². The molecule has 2 heterocycles. The normalized spacial score (nSPS) is 15.6. The summed E-state index contributed by atoms with van der Waals surface area (Å²) in [5.41, 5.74) is -0.638. The van der Waals surface area contributed by atoms with Crippen molar-refractivity contribution in [2.24, 2.45) is 0 Å². The van der Waals surface area contributed by atoms with E-state index in [4.69, 9.17) is 0 Å². The summed E-state index contributed by atoms with van der Waals surface area (Å²) in [5.74, 6) is -0.835. The van der Waals surface area contributed by atoms with Crippen molar-refractivity contribution in [1.29, 1.82) is 0 Å². The van der Waals surface area contributed by atoms with Crippen LogP contribution in [0.25, 0.3) is 0 Å². The van der Waals surface area contributed by atoms with E-state index < -0.39 is 17.4 Å². The summed E-state index contributed by atoms with van der Waals surface area (Å²) < 4.78 is 0. The van der Waals surface area contributed by atoms with Gasteiger partial charge >= 0.3 is 0 Å². The average molecular weight is 220 g/mol. The third-order valence-corrected chi connectivity index (χ3v) is 2.28. The zero-order chi connectivity index (χ0) is 11.9. The number of amides is 2. The van der Waals surface area contributed by atoms with Gasteiger partial charge in [0.15, 0.2) is 0 Å². The highest BCUT2D eigenvalue weighted by molar-refractivity contribution is 6.20. The number of fused-ring (bicyclic) bond motifs is 1. The van der Waals surface area contributed by atoms with Gasteiger partial charge in [0.05, 0.1) is 17.7 Å². The monoisotopic (exact) mass is 220 g/mol. The third-order valence-electron chi connectivity index (χ3n) is 2.28. The Labute approximate surface area is 92.7 Å². The predicted molar refractivity (Wildman–Crippen MR) is 55.9 cm³/mol. The second kappa shape index (κ2) is 3.38. The lowest BCUT2D eigenvalue weighted by Gasteiger charge is -2.23. The van der Waals surface area contributed by atoms with Crippen molar-refractivity contribution in [2.45, 2.75) is 19.4 Å². The van der Waals surface area contributed by atoms with E-state index in [1.54, 1.807) is 26.0 Å². The average Bonchev–Trinajstić information content (AvgIpc) is 2.43. The molecule has 1 aliphatic rings. The number of hydrogen-bond donors (Lipinski definition) is 1. The molecule has 0 aliphatic carbocycles. The predicted octanol–water partition coefficient (Wildman–Crippen LogP) is 0.449. The Morgan fingerprint density at radius 3 is 2.62 bits per heavy atom. The Morgan fingerprint density at radius 1 is 1.38 bits per heavy atom. The quantitative estimate of drug-likeness (QED) is 0.734. The Kier molecular flexibility index (Phi) is 2.27. The minimum Gasteiger partial charge on any atom is -0.389 e. The van der Waals surface area contributed by atoms with Gasteiger partial charge in [-0.3, -0.25) is 19.5 Å². The van der Waals surface area contributed by atoms with Crippen molar-refractivity contribution in [3.63, 3.8) is 0 Å². The Morgan fingerprint density at radius 2 is 2.06 bits per heavy atom. The van der Waals surface area contributed by atoms with Crippen molar-refractivity contribution in [2.75, 3.05) is 6.54 Å². The van der Waals surface area contributed by atoms with Crippen LogP contribution >= 0.6 is 0 Å². The first-order valence-electron chi connectivity index (χ1n) is 4.94. The molecule has 84 valence electrons. The lowest BCUT2D eigenvalue weighted by Crippen LogP contribution is -2.41. The molecule has 0 saturated heterocycles.